The third-order valence-corrected chi connectivity index (χ3v) is 6.20. The fourth-order valence-electron chi connectivity index (χ4n) is 3.62. The van der Waals surface area contributed by atoms with Gasteiger partial charge in [0.05, 0.1) is 21.8 Å². The zero-order chi connectivity index (χ0) is 21.7. The highest BCUT2D eigenvalue weighted by atomic mass is 32.2. The van der Waals surface area contributed by atoms with E-state index in [1.807, 2.05) is 67.6 Å². The number of aryl methyl sites for hydroxylation is 3. The Morgan fingerprint density at radius 2 is 1.81 bits per heavy atom. The molecule has 0 amide bonds. The minimum absolute atomic E-state index is 0.124. The van der Waals surface area contributed by atoms with Crippen molar-refractivity contribution in [2.24, 2.45) is 0 Å². The topological polar surface area (TPSA) is 91.1 Å². The predicted octanol–water partition coefficient (Wildman–Crippen LogP) is 4.19. The SMILES string of the molecule is Cc1ccc(C)c(-n2c(=O)c3ccccc3n3c(SC(C)c4nnc(C)o4)nnc23)c1. The summed E-state index contributed by atoms with van der Waals surface area (Å²) in [5.74, 6) is 1.50. The van der Waals surface area contributed by atoms with E-state index in [9.17, 15) is 4.79 Å². The average Bonchev–Trinajstić information content (AvgIpc) is 3.37. The number of hydrogen-bond donors (Lipinski definition) is 0. The van der Waals surface area contributed by atoms with E-state index in [4.69, 9.17) is 4.42 Å². The molecule has 1 atom stereocenters. The van der Waals surface area contributed by atoms with Crippen molar-refractivity contribution in [2.75, 3.05) is 0 Å². The van der Waals surface area contributed by atoms with Crippen molar-refractivity contribution in [1.29, 1.82) is 0 Å². The molecule has 0 spiro atoms. The molecule has 1 unspecified atom stereocenters. The Morgan fingerprint density at radius 1 is 1.00 bits per heavy atom. The molecule has 0 aliphatic heterocycles. The Kier molecular flexibility index (Phi) is 4.62. The molecule has 5 rings (SSSR count). The zero-order valence-electron chi connectivity index (χ0n) is 17.5. The van der Waals surface area contributed by atoms with E-state index in [2.05, 4.69) is 20.4 Å². The summed E-state index contributed by atoms with van der Waals surface area (Å²) in [6.07, 6.45) is 0. The number of thioether (sulfide) groups is 1. The first-order valence-electron chi connectivity index (χ1n) is 9.87. The van der Waals surface area contributed by atoms with Crippen LogP contribution < -0.4 is 5.56 Å². The largest absolute Gasteiger partial charge is 0.424 e. The van der Waals surface area contributed by atoms with Crippen LogP contribution in [-0.4, -0.2) is 29.4 Å². The normalized spacial score (nSPS) is 12.6. The van der Waals surface area contributed by atoms with Crippen molar-refractivity contribution in [1.82, 2.24) is 29.4 Å². The molecule has 0 fully saturated rings. The molecular formula is C22H20N6O2S. The van der Waals surface area contributed by atoms with Crippen molar-refractivity contribution in [2.45, 2.75) is 38.1 Å². The first kappa shape index (κ1) is 19.5. The van der Waals surface area contributed by atoms with Crippen molar-refractivity contribution in [3.8, 4) is 5.69 Å². The van der Waals surface area contributed by atoms with Gasteiger partial charge in [-0.05, 0) is 50.1 Å². The van der Waals surface area contributed by atoms with Crippen LogP contribution in [0.5, 0.6) is 0 Å². The first-order valence-corrected chi connectivity index (χ1v) is 10.7. The summed E-state index contributed by atoms with van der Waals surface area (Å²) in [5.41, 5.74) is 3.47. The Hall–Kier alpha value is -3.46. The number of benzene rings is 2. The van der Waals surface area contributed by atoms with E-state index in [1.165, 1.54) is 11.8 Å². The molecule has 31 heavy (non-hydrogen) atoms. The quantitative estimate of drug-likeness (QED) is 0.393. The van der Waals surface area contributed by atoms with Crippen LogP contribution in [0.4, 0.5) is 0 Å². The van der Waals surface area contributed by atoms with Crippen LogP contribution in [0.1, 0.15) is 35.1 Å². The van der Waals surface area contributed by atoms with E-state index >= 15 is 0 Å². The van der Waals surface area contributed by atoms with Crippen LogP contribution in [0.25, 0.3) is 22.4 Å². The lowest BCUT2D eigenvalue weighted by Gasteiger charge is -2.14. The van der Waals surface area contributed by atoms with E-state index in [0.717, 1.165) is 22.3 Å². The van der Waals surface area contributed by atoms with Crippen molar-refractivity contribution >= 4 is 28.4 Å². The summed E-state index contributed by atoms with van der Waals surface area (Å²) in [6.45, 7) is 7.72. The van der Waals surface area contributed by atoms with Gasteiger partial charge < -0.3 is 4.42 Å². The van der Waals surface area contributed by atoms with Crippen molar-refractivity contribution in [3.63, 3.8) is 0 Å². The lowest BCUT2D eigenvalue weighted by Crippen LogP contribution is -2.22. The number of para-hydroxylation sites is 1. The molecule has 2 aromatic carbocycles. The van der Waals surface area contributed by atoms with Crippen LogP contribution >= 0.6 is 11.8 Å². The Labute approximate surface area is 181 Å². The lowest BCUT2D eigenvalue weighted by molar-refractivity contribution is 0.470. The standard InChI is InChI=1S/C22H20N6O2S/c1-12-9-10-13(2)18(11-12)27-20(29)16-7-5-6-8-17(16)28-21(27)25-26-22(28)31-14(3)19-24-23-15(4)30-19/h5-11,14H,1-4H3. The third kappa shape index (κ3) is 3.21. The number of nitrogens with zero attached hydrogens (tertiary/aromatic N) is 6. The molecule has 0 saturated carbocycles. The molecule has 0 aliphatic rings. The maximum Gasteiger partial charge on any atom is 0.267 e. The summed E-state index contributed by atoms with van der Waals surface area (Å²) < 4.78 is 9.14. The highest BCUT2D eigenvalue weighted by molar-refractivity contribution is 7.99. The molecule has 3 aromatic heterocycles. The van der Waals surface area contributed by atoms with Crippen LogP contribution in [0.15, 0.2) is 56.8 Å². The number of hydrogen-bond acceptors (Lipinski definition) is 7. The van der Waals surface area contributed by atoms with Gasteiger partial charge in [-0.1, -0.05) is 36.0 Å². The lowest BCUT2D eigenvalue weighted by atomic mass is 10.1. The smallest absolute Gasteiger partial charge is 0.267 e. The summed E-state index contributed by atoms with van der Waals surface area (Å²) in [4.78, 5) is 13.5. The maximum atomic E-state index is 13.5. The van der Waals surface area contributed by atoms with Gasteiger partial charge in [0.2, 0.25) is 17.6 Å². The minimum Gasteiger partial charge on any atom is -0.424 e. The second-order valence-electron chi connectivity index (χ2n) is 7.49. The van der Waals surface area contributed by atoms with E-state index in [-0.39, 0.29) is 10.8 Å². The Balaban J connectivity index is 1.78. The van der Waals surface area contributed by atoms with Crippen molar-refractivity contribution in [3.05, 3.63) is 75.7 Å². The minimum atomic E-state index is -0.131. The van der Waals surface area contributed by atoms with E-state index in [0.29, 0.717) is 28.1 Å². The molecule has 0 bridgehead atoms. The fourth-order valence-corrected chi connectivity index (χ4v) is 4.50. The maximum absolute atomic E-state index is 13.5. The van der Waals surface area contributed by atoms with Gasteiger partial charge in [0, 0.05) is 6.92 Å². The molecule has 0 radical (unpaired) electrons. The molecule has 0 saturated heterocycles. The van der Waals surface area contributed by atoms with Crippen LogP contribution in [0.3, 0.4) is 0 Å². The first-order chi connectivity index (χ1) is 14.9. The monoisotopic (exact) mass is 432 g/mol. The van der Waals surface area contributed by atoms with Gasteiger partial charge in [-0.2, -0.15) is 0 Å². The van der Waals surface area contributed by atoms with Gasteiger partial charge >= 0.3 is 0 Å². The summed E-state index contributed by atoms with van der Waals surface area (Å²) in [5, 5.41) is 18.0. The van der Waals surface area contributed by atoms with Gasteiger partial charge in [-0.25, -0.2) is 4.57 Å². The second kappa shape index (κ2) is 7.35. The highest BCUT2D eigenvalue weighted by Crippen LogP contribution is 2.34. The molecule has 0 N–H and O–H groups in total. The number of fused-ring (bicyclic) bond motifs is 3. The van der Waals surface area contributed by atoms with Gasteiger partial charge in [0.25, 0.3) is 5.56 Å². The van der Waals surface area contributed by atoms with E-state index < -0.39 is 0 Å². The average molecular weight is 433 g/mol. The molecule has 0 aliphatic carbocycles. The summed E-state index contributed by atoms with van der Waals surface area (Å²) in [7, 11) is 0. The second-order valence-corrected chi connectivity index (χ2v) is 8.79. The Morgan fingerprint density at radius 3 is 2.58 bits per heavy atom. The zero-order valence-corrected chi connectivity index (χ0v) is 18.3. The molecular weight excluding hydrogens is 412 g/mol. The van der Waals surface area contributed by atoms with Gasteiger partial charge in [-0.3, -0.25) is 9.20 Å². The third-order valence-electron chi connectivity index (χ3n) is 5.17. The number of rotatable bonds is 4. The fraction of sp³-hybridized carbons (Fsp3) is 0.227. The van der Waals surface area contributed by atoms with Crippen LogP contribution in [0.2, 0.25) is 0 Å². The predicted molar refractivity (Wildman–Crippen MR) is 119 cm³/mol. The summed E-state index contributed by atoms with van der Waals surface area (Å²) in [6, 6.07) is 13.5. The van der Waals surface area contributed by atoms with Crippen LogP contribution in [-0.2, 0) is 0 Å². The van der Waals surface area contributed by atoms with E-state index in [1.54, 1.807) is 11.5 Å². The van der Waals surface area contributed by atoms with Crippen molar-refractivity contribution < 1.29 is 4.42 Å². The molecule has 156 valence electrons. The molecule has 9 heteroatoms. The van der Waals surface area contributed by atoms with Gasteiger partial charge in [-0.15, -0.1) is 20.4 Å². The molecule has 8 nitrogen and oxygen atoms in total. The van der Waals surface area contributed by atoms with Crippen LogP contribution in [0, 0.1) is 20.8 Å². The van der Waals surface area contributed by atoms with Gasteiger partial charge in [0.1, 0.15) is 0 Å². The number of aromatic nitrogens is 6. The summed E-state index contributed by atoms with van der Waals surface area (Å²) >= 11 is 1.46. The Bertz CT molecular complexity index is 1500. The molecule has 3 heterocycles. The highest BCUT2D eigenvalue weighted by Gasteiger charge is 2.22. The van der Waals surface area contributed by atoms with Gasteiger partial charge in [0.15, 0.2) is 5.16 Å². The molecule has 5 aromatic rings.